The van der Waals surface area contributed by atoms with Crippen LogP contribution < -0.4 is 5.32 Å². The van der Waals surface area contributed by atoms with Crippen molar-refractivity contribution in [2.24, 2.45) is 0 Å². The highest BCUT2D eigenvalue weighted by Gasteiger charge is 2.23. The average molecular weight is 355 g/mol. The monoisotopic (exact) mass is 355 g/mol. The molecule has 1 fully saturated rings. The lowest BCUT2D eigenvalue weighted by atomic mass is 9.92. The minimum atomic E-state index is -0.333. The number of hydrogen-bond acceptors (Lipinski definition) is 6. The molecule has 1 aromatic carbocycles. The second kappa shape index (κ2) is 6.61. The van der Waals surface area contributed by atoms with Gasteiger partial charge in [0, 0.05) is 15.6 Å². The summed E-state index contributed by atoms with van der Waals surface area (Å²) in [5.74, 6) is 0.919. The quantitative estimate of drug-likeness (QED) is 0.659. The van der Waals surface area contributed by atoms with E-state index in [2.05, 4.69) is 15.5 Å². The van der Waals surface area contributed by atoms with Gasteiger partial charge in [-0.25, -0.2) is 0 Å². The number of aromatic nitrogens is 2. The number of phenolic OH excluding ortho intramolecular Hbond substituents is 1. The molecule has 3 aromatic rings. The summed E-state index contributed by atoms with van der Waals surface area (Å²) in [5, 5.41) is 35.4. The molecule has 0 amide bonds. The van der Waals surface area contributed by atoms with Crippen molar-refractivity contribution in [3.63, 3.8) is 0 Å². The van der Waals surface area contributed by atoms with Crippen molar-refractivity contribution < 1.29 is 10.2 Å². The fourth-order valence-corrected chi connectivity index (χ4v) is 4.30. The van der Waals surface area contributed by atoms with Crippen molar-refractivity contribution in [2.75, 3.05) is 5.32 Å². The molecule has 3 N–H and O–H groups in total. The number of fused-ring (bicyclic) bond motifs is 1. The summed E-state index contributed by atoms with van der Waals surface area (Å²) in [6, 6.07) is 7.77. The van der Waals surface area contributed by atoms with Crippen molar-refractivity contribution in [2.45, 2.75) is 44.8 Å². The van der Waals surface area contributed by atoms with Crippen LogP contribution >= 0.6 is 11.3 Å². The number of aromatic hydroxyl groups is 1. The third kappa shape index (κ3) is 3.07. The average Bonchev–Trinajstić information content (AvgIpc) is 3.08. The highest BCUT2D eigenvalue weighted by molar-refractivity contribution is 7.17. The number of aryl methyl sites for hydroxylation is 1. The molecule has 2 aromatic heterocycles. The summed E-state index contributed by atoms with van der Waals surface area (Å²) in [6.07, 6.45) is 3.64. The summed E-state index contributed by atoms with van der Waals surface area (Å²) in [5.41, 5.74) is 2.31. The molecule has 5 nitrogen and oxygen atoms in total. The highest BCUT2D eigenvalue weighted by atomic mass is 32.1. The molecule has 0 radical (unpaired) electrons. The summed E-state index contributed by atoms with van der Waals surface area (Å²) >= 11 is 1.60. The second-order valence-electron chi connectivity index (χ2n) is 6.66. The van der Waals surface area contributed by atoms with E-state index in [9.17, 15) is 10.2 Å². The maximum atomic E-state index is 10.6. The van der Waals surface area contributed by atoms with E-state index in [0.717, 1.165) is 41.3 Å². The number of aliphatic hydroxyl groups is 1. The Kier molecular flexibility index (Phi) is 4.31. The van der Waals surface area contributed by atoms with Crippen LogP contribution in [0.5, 0.6) is 5.75 Å². The zero-order chi connectivity index (χ0) is 17.4. The van der Waals surface area contributed by atoms with Crippen molar-refractivity contribution in [3.8, 4) is 17.0 Å². The van der Waals surface area contributed by atoms with E-state index in [1.165, 1.54) is 0 Å². The number of rotatable bonds is 3. The standard InChI is InChI=1S/C19H21N3O2S/c1-11-10-17(20-14-4-2-3-5-15(14)23)21-22-18(11)13-6-7-16-12(19(13)24)8-9-25-16/h6-10,14-15,23-24H,2-5H2,1H3,(H,20,21)/t14-,15-/m0/s1. The number of phenols is 1. The van der Waals surface area contributed by atoms with Gasteiger partial charge in [-0.05, 0) is 55.0 Å². The Morgan fingerprint density at radius 1 is 1.16 bits per heavy atom. The van der Waals surface area contributed by atoms with E-state index in [1.54, 1.807) is 11.3 Å². The lowest BCUT2D eigenvalue weighted by Gasteiger charge is -2.28. The molecule has 0 bridgehead atoms. The second-order valence-corrected chi connectivity index (χ2v) is 7.61. The van der Waals surface area contributed by atoms with Gasteiger partial charge in [0.2, 0.25) is 0 Å². The summed E-state index contributed by atoms with van der Waals surface area (Å²) in [7, 11) is 0. The van der Waals surface area contributed by atoms with Crippen LogP contribution in [0.15, 0.2) is 29.6 Å². The number of anilines is 1. The number of aliphatic hydroxyl groups excluding tert-OH is 1. The first kappa shape index (κ1) is 16.3. The molecule has 1 aliphatic rings. The third-order valence-corrected chi connectivity index (χ3v) is 5.79. The maximum Gasteiger partial charge on any atom is 0.149 e. The molecular formula is C19H21N3O2S. The van der Waals surface area contributed by atoms with Crippen molar-refractivity contribution in [1.82, 2.24) is 10.2 Å². The number of hydrogen-bond donors (Lipinski definition) is 3. The lowest BCUT2D eigenvalue weighted by Crippen LogP contribution is -2.36. The Morgan fingerprint density at radius 2 is 2.00 bits per heavy atom. The molecule has 130 valence electrons. The summed E-state index contributed by atoms with van der Waals surface area (Å²) < 4.78 is 1.05. The molecule has 0 aliphatic heterocycles. The zero-order valence-corrected chi connectivity index (χ0v) is 14.9. The number of nitrogens with zero attached hydrogens (tertiary/aromatic N) is 2. The smallest absolute Gasteiger partial charge is 0.149 e. The van der Waals surface area contributed by atoms with Gasteiger partial charge in [-0.3, -0.25) is 0 Å². The molecule has 1 aliphatic carbocycles. The van der Waals surface area contributed by atoms with Crippen LogP contribution in [0.4, 0.5) is 5.82 Å². The fourth-order valence-electron chi connectivity index (χ4n) is 3.51. The van der Waals surface area contributed by atoms with Gasteiger partial charge in [-0.2, -0.15) is 0 Å². The number of nitrogens with one attached hydrogen (secondary N) is 1. The Hall–Kier alpha value is -2.18. The van der Waals surface area contributed by atoms with Gasteiger partial charge in [0.15, 0.2) is 0 Å². The van der Waals surface area contributed by atoms with Crippen molar-refractivity contribution >= 4 is 27.2 Å². The molecule has 2 heterocycles. The van der Waals surface area contributed by atoms with Crippen molar-refractivity contribution in [1.29, 1.82) is 0 Å². The van der Waals surface area contributed by atoms with Crippen LogP contribution in [0.25, 0.3) is 21.3 Å². The molecule has 0 unspecified atom stereocenters. The first-order valence-electron chi connectivity index (χ1n) is 8.62. The Morgan fingerprint density at radius 3 is 2.80 bits per heavy atom. The first-order chi connectivity index (χ1) is 12.1. The number of benzene rings is 1. The minimum absolute atomic E-state index is 0.0314. The van der Waals surface area contributed by atoms with E-state index >= 15 is 0 Å². The number of thiophene rings is 1. The van der Waals surface area contributed by atoms with E-state index < -0.39 is 0 Å². The minimum Gasteiger partial charge on any atom is -0.507 e. The van der Waals surface area contributed by atoms with Gasteiger partial charge in [0.25, 0.3) is 0 Å². The molecule has 1 saturated carbocycles. The van der Waals surface area contributed by atoms with Gasteiger partial charge >= 0.3 is 0 Å². The molecule has 25 heavy (non-hydrogen) atoms. The first-order valence-corrected chi connectivity index (χ1v) is 9.50. The molecule has 6 heteroatoms. The van der Waals surface area contributed by atoms with Crippen LogP contribution in [0, 0.1) is 6.92 Å². The Labute approximate surface area is 150 Å². The SMILES string of the molecule is Cc1cc(N[C@H]2CCCC[C@@H]2O)nnc1-c1ccc2sccc2c1O. The normalized spacial score (nSPS) is 20.7. The largest absolute Gasteiger partial charge is 0.507 e. The van der Waals surface area contributed by atoms with E-state index in [4.69, 9.17) is 0 Å². The Bertz CT molecular complexity index is 909. The van der Waals surface area contributed by atoms with Gasteiger partial charge in [-0.1, -0.05) is 12.8 Å². The molecular weight excluding hydrogens is 334 g/mol. The van der Waals surface area contributed by atoms with E-state index in [-0.39, 0.29) is 17.9 Å². The predicted octanol–water partition coefficient (Wildman–Crippen LogP) is 4.09. The lowest BCUT2D eigenvalue weighted by molar-refractivity contribution is 0.116. The maximum absolute atomic E-state index is 10.6. The van der Waals surface area contributed by atoms with Gasteiger partial charge in [0.05, 0.1) is 17.8 Å². The zero-order valence-electron chi connectivity index (χ0n) is 14.1. The van der Waals surface area contributed by atoms with Crippen molar-refractivity contribution in [3.05, 3.63) is 35.2 Å². The fraction of sp³-hybridized carbons (Fsp3) is 0.368. The molecule has 4 rings (SSSR count). The van der Waals surface area contributed by atoms with Crippen LogP contribution in [-0.2, 0) is 0 Å². The topological polar surface area (TPSA) is 78.3 Å². The predicted molar refractivity (Wildman–Crippen MR) is 101 cm³/mol. The summed E-state index contributed by atoms with van der Waals surface area (Å²) in [6.45, 7) is 1.96. The Balaban J connectivity index is 1.64. The van der Waals surface area contributed by atoms with Gasteiger partial charge in [-0.15, -0.1) is 21.5 Å². The van der Waals surface area contributed by atoms with Gasteiger partial charge in [0.1, 0.15) is 11.6 Å². The molecule has 0 saturated heterocycles. The third-order valence-electron chi connectivity index (χ3n) is 4.91. The van der Waals surface area contributed by atoms with Crippen LogP contribution in [0.2, 0.25) is 0 Å². The molecule has 0 spiro atoms. The van der Waals surface area contributed by atoms with Crippen LogP contribution in [-0.4, -0.2) is 32.6 Å². The van der Waals surface area contributed by atoms with Crippen LogP contribution in [0.1, 0.15) is 31.2 Å². The van der Waals surface area contributed by atoms with E-state index in [0.29, 0.717) is 17.1 Å². The highest BCUT2D eigenvalue weighted by Crippen LogP contribution is 2.38. The van der Waals surface area contributed by atoms with Gasteiger partial charge < -0.3 is 15.5 Å². The summed E-state index contributed by atoms with van der Waals surface area (Å²) in [4.78, 5) is 0. The van der Waals surface area contributed by atoms with Crippen LogP contribution in [0.3, 0.4) is 0 Å². The molecule has 2 atom stereocenters. The van der Waals surface area contributed by atoms with E-state index in [1.807, 2.05) is 36.6 Å².